The smallest absolute Gasteiger partial charge is 0.351 e. The summed E-state index contributed by atoms with van der Waals surface area (Å²) in [5.41, 5.74) is 0.194. The monoisotopic (exact) mass is 416 g/mol. The molecule has 2 saturated heterocycles. The van der Waals surface area contributed by atoms with Crippen molar-refractivity contribution in [3.05, 3.63) is 71.3 Å². The third-order valence-electron chi connectivity index (χ3n) is 5.99. The number of benzene rings is 2. The fraction of sp³-hybridized carbons (Fsp3) is 0.391. The van der Waals surface area contributed by atoms with Crippen molar-refractivity contribution in [1.29, 1.82) is 0 Å². The zero-order chi connectivity index (χ0) is 21.3. The topological polar surface area (TPSA) is 49.4 Å². The second-order valence-corrected chi connectivity index (χ2v) is 7.94. The molecule has 0 aliphatic carbocycles. The quantitative estimate of drug-likeness (QED) is 0.770. The number of rotatable bonds is 2. The molecule has 4 nitrogen and oxygen atoms in total. The average Bonchev–Trinajstić information content (AvgIpc) is 3.06. The summed E-state index contributed by atoms with van der Waals surface area (Å²) in [6, 6.07) is 12.9. The van der Waals surface area contributed by atoms with Crippen LogP contribution in [0.3, 0.4) is 0 Å². The fourth-order valence-electron chi connectivity index (χ4n) is 4.59. The summed E-state index contributed by atoms with van der Waals surface area (Å²) < 4.78 is 39.9. The molecule has 0 radical (unpaired) electrons. The fourth-order valence-corrected chi connectivity index (χ4v) is 4.59. The largest absolute Gasteiger partial charge is 0.416 e. The molecule has 0 unspecified atom stereocenters. The van der Waals surface area contributed by atoms with E-state index in [1.807, 2.05) is 6.07 Å². The minimum absolute atomic E-state index is 0.0681. The van der Waals surface area contributed by atoms with Crippen LogP contribution in [0.2, 0.25) is 0 Å². The first-order valence-electron chi connectivity index (χ1n) is 10.2. The highest BCUT2D eigenvalue weighted by Crippen LogP contribution is 2.41. The van der Waals surface area contributed by atoms with E-state index in [2.05, 4.69) is 5.32 Å². The van der Waals surface area contributed by atoms with E-state index in [0.717, 1.165) is 25.0 Å². The molecule has 1 N–H and O–H groups in total. The van der Waals surface area contributed by atoms with E-state index in [9.17, 15) is 22.8 Å². The Hall–Kier alpha value is -2.83. The number of hydrogen-bond donors (Lipinski definition) is 1. The average molecular weight is 416 g/mol. The molecule has 2 aliphatic rings. The lowest BCUT2D eigenvalue weighted by molar-refractivity contribution is -0.137. The van der Waals surface area contributed by atoms with Gasteiger partial charge in [-0.15, -0.1) is 0 Å². The molecule has 0 spiro atoms. The van der Waals surface area contributed by atoms with Crippen LogP contribution in [0.25, 0.3) is 0 Å². The van der Waals surface area contributed by atoms with E-state index >= 15 is 0 Å². The number of nitrogens with one attached hydrogen (secondary N) is 1. The van der Waals surface area contributed by atoms with Crippen LogP contribution in [-0.4, -0.2) is 28.8 Å². The SMILES string of the molecule is O=C1CCCC[C@H]2[C@@H](C[C@@H](c3cccc(C(F)(F)F)c3)N2C(=O)c2ccccc2)N1. The van der Waals surface area contributed by atoms with Gasteiger partial charge in [-0.1, -0.05) is 36.8 Å². The Morgan fingerprint density at radius 1 is 1.03 bits per heavy atom. The van der Waals surface area contributed by atoms with E-state index in [1.54, 1.807) is 35.2 Å². The number of nitrogens with zero attached hydrogens (tertiary/aromatic N) is 1. The minimum Gasteiger partial charge on any atom is -0.351 e. The van der Waals surface area contributed by atoms with Crippen molar-refractivity contribution in [2.75, 3.05) is 0 Å². The number of fused-ring (bicyclic) bond motifs is 1. The highest BCUT2D eigenvalue weighted by atomic mass is 19.4. The van der Waals surface area contributed by atoms with Crippen LogP contribution in [0.15, 0.2) is 54.6 Å². The first-order valence-corrected chi connectivity index (χ1v) is 10.2. The molecule has 2 fully saturated rings. The van der Waals surface area contributed by atoms with Crippen molar-refractivity contribution < 1.29 is 22.8 Å². The highest BCUT2D eigenvalue weighted by molar-refractivity contribution is 5.95. The number of amides is 2. The number of likely N-dealkylation sites (tertiary alicyclic amines) is 1. The molecular weight excluding hydrogens is 393 g/mol. The predicted octanol–water partition coefficient (Wildman–Crippen LogP) is 4.72. The molecule has 0 bridgehead atoms. The Labute approximate surface area is 173 Å². The Bertz CT molecular complexity index is 930. The van der Waals surface area contributed by atoms with E-state index in [0.29, 0.717) is 30.4 Å². The maximum atomic E-state index is 13.4. The molecule has 3 atom stereocenters. The molecule has 2 aromatic rings. The number of carbonyl (C=O) groups excluding carboxylic acids is 2. The molecule has 7 heteroatoms. The molecule has 4 rings (SSSR count). The molecule has 2 heterocycles. The van der Waals surface area contributed by atoms with Crippen molar-refractivity contribution in [2.24, 2.45) is 0 Å². The van der Waals surface area contributed by atoms with Crippen molar-refractivity contribution in [3.8, 4) is 0 Å². The zero-order valence-electron chi connectivity index (χ0n) is 16.4. The van der Waals surface area contributed by atoms with Crippen LogP contribution in [0, 0.1) is 0 Å². The van der Waals surface area contributed by atoms with Crippen molar-refractivity contribution in [2.45, 2.75) is 56.4 Å². The Balaban J connectivity index is 1.75. The van der Waals surface area contributed by atoms with Crippen LogP contribution in [0.5, 0.6) is 0 Å². The first kappa shape index (κ1) is 20.4. The Morgan fingerprint density at radius 3 is 2.53 bits per heavy atom. The van der Waals surface area contributed by atoms with Gasteiger partial charge in [-0.25, -0.2) is 0 Å². The second kappa shape index (κ2) is 8.13. The molecule has 2 aliphatic heterocycles. The van der Waals surface area contributed by atoms with Gasteiger partial charge in [0.2, 0.25) is 5.91 Å². The van der Waals surface area contributed by atoms with Crippen molar-refractivity contribution in [1.82, 2.24) is 10.2 Å². The Morgan fingerprint density at radius 2 is 1.80 bits per heavy atom. The van der Waals surface area contributed by atoms with Gasteiger partial charge in [0.25, 0.3) is 5.91 Å². The standard InChI is InChI=1S/C23H23F3N2O2/c24-23(25,26)17-10-6-9-16(13-17)20-14-18-19(11-4-5-12-21(29)27-18)28(20)22(30)15-7-2-1-3-8-15/h1-3,6-10,13,18-20H,4-5,11-12,14H2,(H,27,29)/t18-,19+,20+/m1/s1. The molecule has 2 amide bonds. The lowest BCUT2D eigenvalue weighted by Crippen LogP contribution is -2.48. The van der Waals surface area contributed by atoms with Gasteiger partial charge in [-0.2, -0.15) is 13.2 Å². The summed E-state index contributed by atoms with van der Waals surface area (Å²) in [6.07, 6.45) is -1.39. The zero-order valence-corrected chi connectivity index (χ0v) is 16.4. The van der Waals surface area contributed by atoms with Crippen molar-refractivity contribution >= 4 is 11.8 Å². The predicted molar refractivity (Wildman–Crippen MR) is 106 cm³/mol. The Kier molecular flexibility index (Phi) is 5.54. The molecule has 2 aromatic carbocycles. The number of halogens is 3. The van der Waals surface area contributed by atoms with Gasteiger partial charge >= 0.3 is 6.18 Å². The van der Waals surface area contributed by atoms with Gasteiger partial charge in [0.15, 0.2) is 0 Å². The second-order valence-electron chi connectivity index (χ2n) is 7.94. The lowest BCUT2D eigenvalue weighted by atomic mass is 9.97. The summed E-state index contributed by atoms with van der Waals surface area (Å²) in [5.74, 6) is -0.290. The summed E-state index contributed by atoms with van der Waals surface area (Å²) in [7, 11) is 0. The van der Waals surface area contributed by atoms with Crippen LogP contribution in [-0.2, 0) is 11.0 Å². The first-order chi connectivity index (χ1) is 14.3. The molecular formula is C23H23F3N2O2. The molecule has 158 valence electrons. The van der Waals surface area contributed by atoms with E-state index in [-0.39, 0.29) is 23.9 Å². The number of alkyl halides is 3. The minimum atomic E-state index is -4.46. The normalized spacial score (nSPS) is 24.6. The van der Waals surface area contributed by atoms with Gasteiger partial charge in [0.1, 0.15) is 0 Å². The third-order valence-corrected chi connectivity index (χ3v) is 5.99. The number of carbonyl (C=O) groups is 2. The van der Waals surface area contributed by atoms with Crippen LogP contribution < -0.4 is 5.32 Å². The van der Waals surface area contributed by atoms with E-state index < -0.39 is 17.8 Å². The van der Waals surface area contributed by atoms with Gasteiger partial charge in [-0.3, -0.25) is 9.59 Å². The lowest BCUT2D eigenvalue weighted by Gasteiger charge is -2.33. The number of hydrogen-bond acceptors (Lipinski definition) is 2. The third kappa shape index (κ3) is 4.06. The van der Waals surface area contributed by atoms with Crippen molar-refractivity contribution in [3.63, 3.8) is 0 Å². The van der Waals surface area contributed by atoms with Gasteiger partial charge in [-0.05, 0) is 49.1 Å². The van der Waals surface area contributed by atoms with E-state index in [1.165, 1.54) is 6.07 Å². The maximum absolute atomic E-state index is 13.4. The van der Waals surface area contributed by atoms with Crippen LogP contribution in [0.1, 0.15) is 59.6 Å². The van der Waals surface area contributed by atoms with Gasteiger partial charge in [0.05, 0.1) is 23.7 Å². The summed E-state index contributed by atoms with van der Waals surface area (Å²) in [6.45, 7) is 0. The highest BCUT2D eigenvalue weighted by Gasteiger charge is 2.45. The van der Waals surface area contributed by atoms with Gasteiger partial charge in [0, 0.05) is 12.0 Å². The maximum Gasteiger partial charge on any atom is 0.416 e. The summed E-state index contributed by atoms with van der Waals surface area (Å²) in [4.78, 5) is 27.3. The molecule has 0 aromatic heterocycles. The summed E-state index contributed by atoms with van der Waals surface area (Å²) in [5, 5.41) is 3.01. The van der Waals surface area contributed by atoms with E-state index in [4.69, 9.17) is 0 Å². The molecule has 30 heavy (non-hydrogen) atoms. The van der Waals surface area contributed by atoms with Gasteiger partial charge < -0.3 is 10.2 Å². The van der Waals surface area contributed by atoms with Crippen LogP contribution in [0.4, 0.5) is 13.2 Å². The summed E-state index contributed by atoms with van der Waals surface area (Å²) >= 11 is 0. The van der Waals surface area contributed by atoms with Crippen LogP contribution >= 0.6 is 0 Å². The molecule has 0 saturated carbocycles.